The van der Waals surface area contributed by atoms with Gasteiger partial charge in [0.15, 0.2) is 6.61 Å². The van der Waals surface area contributed by atoms with Crippen molar-refractivity contribution in [3.63, 3.8) is 0 Å². The fourth-order valence-electron chi connectivity index (χ4n) is 2.41. The van der Waals surface area contributed by atoms with Crippen LogP contribution < -0.4 is 10.1 Å². The summed E-state index contributed by atoms with van der Waals surface area (Å²) in [6, 6.07) is 5.91. The first-order valence-corrected chi connectivity index (χ1v) is 7.63. The maximum atomic E-state index is 11.8. The standard InChI is InChI=1S/C17H27NO3/c1-4-5-15(6-7-19)11-18-17(20)12-21-16-9-13(2)8-14(3)10-16/h8-10,15,19H,4-7,11-12H2,1-3H3,(H,18,20). The van der Waals surface area contributed by atoms with Gasteiger partial charge in [-0.2, -0.15) is 0 Å². The molecule has 0 bridgehead atoms. The molecule has 0 aromatic heterocycles. The number of hydrogen-bond acceptors (Lipinski definition) is 3. The maximum absolute atomic E-state index is 11.8. The SMILES string of the molecule is CCCC(CCO)CNC(=O)COc1cc(C)cc(C)c1. The molecule has 1 unspecified atom stereocenters. The lowest BCUT2D eigenvalue weighted by atomic mass is 10.0. The number of rotatable bonds is 9. The van der Waals surface area contributed by atoms with Crippen LogP contribution in [0.3, 0.4) is 0 Å². The molecule has 1 aromatic rings. The third kappa shape index (κ3) is 7.14. The molecule has 2 N–H and O–H groups in total. The van der Waals surface area contributed by atoms with E-state index >= 15 is 0 Å². The third-order valence-corrected chi connectivity index (χ3v) is 3.39. The number of nitrogens with one attached hydrogen (secondary N) is 1. The van der Waals surface area contributed by atoms with Crippen LogP contribution >= 0.6 is 0 Å². The number of ether oxygens (including phenoxy) is 1. The van der Waals surface area contributed by atoms with Crippen LogP contribution in [-0.4, -0.2) is 30.8 Å². The van der Waals surface area contributed by atoms with Gasteiger partial charge in [-0.05, 0) is 55.9 Å². The van der Waals surface area contributed by atoms with Crippen molar-refractivity contribution < 1.29 is 14.6 Å². The summed E-state index contributed by atoms with van der Waals surface area (Å²) in [5.74, 6) is 0.946. The van der Waals surface area contributed by atoms with Gasteiger partial charge in [-0.3, -0.25) is 4.79 Å². The summed E-state index contributed by atoms with van der Waals surface area (Å²) < 4.78 is 5.52. The molecule has 0 radical (unpaired) electrons. The second-order valence-corrected chi connectivity index (χ2v) is 5.58. The lowest BCUT2D eigenvalue weighted by Gasteiger charge is -2.16. The fourth-order valence-corrected chi connectivity index (χ4v) is 2.41. The van der Waals surface area contributed by atoms with Gasteiger partial charge in [0.25, 0.3) is 5.91 Å². The van der Waals surface area contributed by atoms with E-state index in [4.69, 9.17) is 9.84 Å². The summed E-state index contributed by atoms with van der Waals surface area (Å²) in [6.45, 7) is 6.91. The Morgan fingerprint density at radius 1 is 1.24 bits per heavy atom. The van der Waals surface area contributed by atoms with Crippen molar-refractivity contribution in [2.75, 3.05) is 19.8 Å². The Hall–Kier alpha value is -1.55. The van der Waals surface area contributed by atoms with E-state index in [1.54, 1.807) is 0 Å². The van der Waals surface area contributed by atoms with E-state index in [-0.39, 0.29) is 19.1 Å². The predicted octanol–water partition coefficient (Wildman–Crippen LogP) is 2.60. The van der Waals surface area contributed by atoms with E-state index < -0.39 is 0 Å². The molecule has 0 aliphatic rings. The highest BCUT2D eigenvalue weighted by Crippen LogP contribution is 2.16. The molecule has 0 heterocycles. The van der Waals surface area contributed by atoms with Crippen LogP contribution in [0, 0.1) is 19.8 Å². The van der Waals surface area contributed by atoms with Crippen molar-refractivity contribution in [3.8, 4) is 5.75 Å². The minimum absolute atomic E-state index is 0.0286. The highest BCUT2D eigenvalue weighted by Gasteiger charge is 2.10. The van der Waals surface area contributed by atoms with Crippen molar-refractivity contribution in [2.24, 2.45) is 5.92 Å². The molecule has 0 aliphatic carbocycles. The van der Waals surface area contributed by atoms with Crippen LogP contribution in [0.15, 0.2) is 18.2 Å². The largest absolute Gasteiger partial charge is 0.484 e. The molecule has 21 heavy (non-hydrogen) atoms. The van der Waals surface area contributed by atoms with Crippen LogP contribution in [0.4, 0.5) is 0 Å². The van der Waals surface area contributed by atoms with Gasteiger partial charge in [0.1, 0.15) is 5.75 Å². The van der Waals surface area contributed by atoms with Crippen molar-refractivity contribution in [2.45, 2.75) is 40.0 Å². The maximum Gasteiger partial charge on any atom is 0.257 e. The first-order chi connectivity index (χ1) is 10.0. The van der Waals surface area contributed by atoms with Gasteiger partial charge < -0.3 is 15.2 Å². The Labute approximate surface area is 127 Å². The molecule has 118 valence electrons. The summed E-state index contributed by atoms with van der Waals surface area (Å²) in [6.07, 6.45) is 2.80. The van der Waals surface area contributed by atoms with Crippen LogP contribution in [-0.2, 0) is 4.79 Å². The van der Waals surface area contributed by atoms with E-state index in [1.807, 2.05) is 26.0 Å². The molecular weight excluding hydrogens is 266 g/mol. The zero-order chi connectivity index (χ0) is 15.7. The van der Waals surface area contributed by atoms with Gasteiger partial charge in [-0.1, -0.05) is 19.4 Å². The molecular formula is C17H27NO3. The van der Waals surface area contributed by atoms with Crippen LogP contribution in [0.25, 0.3) is 0 Å². The van der Waals surface area contributed by atoms with Gasteiger partial charge >= 0.3 is 0 Å². The molecule has 4 nitrogen and oxygen atoms in total. The number of hydrogen-bond donors (Lipinski definition) is 2. The molecule has 1 aromatic carbocycles. The van der Waals surface area contributed by atoms with E-state index in [1.165, 1.54) is 0 Å². The van der Waals surface area contributed by atoms with Crippen molar-refractivity contribution in [3.05, 3.63) is 29.3 Å². The molecule has 1 rings (SSSR count). The van der Waals surface area contributed by atoms with Gasteiger partial charge in [-0.15, -0.1) is 0 Å². The highest BCUT2D eigenvalue weighted by atomic mass is 16.5. The Bertz CT molecular complexity index is 419. The number of amides is 1. The number of carbonyl (C=O) groups is 1. The van der Waals surface area contributed by atoms with Crippen LogP contribution in [0.5, 0.6) is 5.75 Å². The van der Waals surface area contributed by atoms with Crippen molar-refractivity contribution in [1.29, 1.82) is 0 Å². The molecule has 0 saturated heterocycles. The molecule has 1 amide bonds. The van der Waals surface area contributed by atoms with E-state index in [0.717, 1.165) is 36.1 Å². The lowest BCUT2D eigenvalue weighted by Crippen LogP contribution is -2.33. The number of carbonyl (C=O) groups excluding carboxylic acids is 1. The second-order valence-electron chi connectivity index (χ2n) is 5.58. The Balaban J connectivity index is 2.36. The van der Waals surface area contributed by atoms with Crippen molar-refractivity contribution in [1.82, 2.24) is 5.32 Å². The van der Waals surface area contributed by atoms with E-state index in [0.29, 0.717) is 12.5 Å². The first-order valence-electron chi connectivity index (χ1n) is 7.63. The quantitative estimate of drug-likeness (QED) is 0.736. The van der Waals surface area contributed by atoms with Gasteiger partial charge in [0.05, 0.1) is 0 Å². The predicted molar refractivity (Wildman–Crippen MR) is 84.5 cm³/mol. The topological polar surface area (TPSA) is 58.6 Å². The average Bonchev–Trinajstić information content (AvgIpc) is 2.42. The van der Waals surface area contributed by atoms with Gasteiger partial charge in [0, 0.05) is 13.2 Å². The van der Waals surface area contributed by atoms with Gasteiger partial charge in [0.2, 0.25) is 0 Å². The van der Waals surface area contributed by atoms with Crippen LogP contribution in [0.2, 0.25) is 0 Å². The summed E-state index contributed by atoms with van der Waals surface area (Å²) in [4.78, 5) is 11.8. The third-order valence-electron chi connectivity index (χ3n) is 3.39. The average molecular weight is 293 g/mol. The molecule has 0 saturated carbocycles. The number of aryl methyl sites for hydroxylation is 2. The summed E-state index contributed by atoms with van der Waals surface area (Å²) in [7, 11) is 0. The monoisotopic (exact) mass is 293 g/mol. The number of aliphatic hydroxyl groups excluding tert-OH is 1. The fraction of sp³-hybridized carbons (Fsp3) is 0.588. The zero-order valence-corrected chi connectivity index (χ0v) is 13.3. The Kier molecular flexibility index (Phi) is 7.83. The normalized spacial score (nSPS) is 12.0. The Morgan fingerprint density at radius 3 is 2.48 bits per heavy atom. The summed E-state index contributed by atoms with van der Waals surface area (Å²) >= 11 is 0. The summed E-state index contributed by atoms with van der Waals surface area (Å²) in [5.41, 5.74) is 2.24. The minimum Gasteiger partial charge on any atom is -0.484 e. The molecule has 0 aliphatic heterocycles. The lowest BCUT2D eigenvalue weighted by molar-refractivity contribution is -0.123. The first kappa shape index (κ1) is 17.5. The molecule has 0 spiro atoms. The molecule has 4 heteroatoms. The second kappa shape index (κ2) is 9.40. The van der Waals surface area contributed by atoms with E-state index in [9.17, 15) is 4.79 Å². The number of aliphatic hydroxyl groups is 1. The van der Waals surface area contributed by atoms with E-state index in [2.05, 4.69) is 18.3 Å². The molecule has 0 fully saturated rings. The highest BCUT2D eigenvalue weighted by molar-refractivity contribution is 5.77. The minimum atomic E-state index is -0.117. The van der Waals surface area contributed by atoms with Crippen molar-refractivity contribution >= 4 is 5.91 Å². The molecule has 1 atom stereocenters. The smallest absolute Gasteiger partial charge is 0.257 e. The van der Waals surface area contributed by atoms with Gasteiger partial charge in [-0.25, -0.2) is 0 Å². The van der Waals surface area contributed by atoms with Crippen LogP contribution in [0.1, 0.15) is 37.3 Å². The summed E-state index contributed by atoms with van der Waals surface area (Å²) in [5, 5.41) is 11.9. The number of benzene rings is 1. The zero-order valence-electron chi connectivity index (χ0n) is 13.3. The Morgan fingerprint density at radius 2 is 1.90 bits per heavy atom.